The molecule has 0 aromatic heterocycles. The van der Waals surface area contributed by atoms with Crippen LogP contribution in [0.5, 0.6) is 5.75 Å². The van der Waals surface area contributed by atoms with Gasteiger partial charge in [0.25, 0.3) is 5.69 Å². The van der Waals surface area contributed by atoms with Crippen molar-refractivity contribution in [2.45, 2.75) is 13.2 Å². The number of nitrogens with one attached hydrogen (secondary N) is 1. The zero-order valence-corrected chi connectivity index (χ0v) is 17.3. The number of ether oxygens (including phenoxy) is 2. The Balaban J connectivity index is 1.57. The topological polar surface area (TPSA) is 111 Å². The average Bonchev–Trinajstić information content (AvgIpc) is 2.82. The van der Waals surface area contributed by atoms with E-state index in [0.717, 1.165) is 5.56 Å². The molecular weight excluding hydrogens is 414 g/mol. The summed E-state index contributed by atoms with van der Waals surface area (Å²) < 4.78 is 10.5. The van der Waals surface area contributed by atoms with Crippen molar-refractivity contribution >= 4 is 23.6 Å². The molecule has 1 N–H and O–H groups in total. The molecule has 0 aliphatic heterocycles. The Kier molecular flexibility index (Phi) is 7.37. The molecule has 0 bridgehead atoms. The van der Waals surface area contributed by atoms with Gasteiger partial charge in [0.05, 0.1) is 10.6 Å². The van der Waals surface area contributed by atoms with Crippen LogP contribution in [0.3, 0.4) is 0 Å². The zero-order valence-electron chi connectivity index (χ0n) is 17.3. The fourth-order valence-electron chi connectivity index (χ4n) is 2.85. The maximum atomic E-state index is 12.5. The average molecular weight is 435 g/mol. The number of anilines is 1. The van der Waals surface area contributed by atoms with E-state index >= 15 is 0 Å². The molecule has 0 heterocycles. The minimum absolute atomic E-state index is 0.0955. The van der Waals surface area contributed by atoms with Crippen LogP contribution in [0.25, 0.3) is 0 Å². The molecule has 0 radical (unpaired) electrons. The molecule has 0 fully saturated rings. The van der Waals surface area contributed by atoms with E-state index in [1.807, 2.05) is 30.3 Å². The Labute approximate surface area is 184 Å². The summed E-state index contributed by atoms with van der Waals surface area (Å²) in [6.45, 7) is 0.240. The Morgan fingerprint density at radius 1 is 0.969 bits per heavy atom. The van der Waals surface area contributed by atoms with Crippen LogP contribution in [-0.2, 0) is 17.9 Å². The number of non-ortho nitro benzene ring substituents is 1. The first kappa shape index (κ1) is 22.3. The molecule has 3 rings (SSSR count). The van der Waals surface area contributed by atoms with Crippen LogP contribution in [0.1, 0.15) is 11.1 Å². The third-order valence-corrected chi connectivity index (χ3v) is 4.51. The second-order valence-corrected chi connectivity index (χ2v) is 6.72. The number of carbonyl (C=O) groups excluding carboxylic acids is 2. The van der Waals surface area contributed by atoms with Crippen molar-refractivity contribution in [2.75, 3.05) is 11.9 Å². The Hall–Kier alpha value is -4.40. The van der Waals surface area contributed by atoms with Crippen molar-refractivity contribution in [3.8, 4) is 5.75 Å². The van der Waals surface area contributed by atoms with Gasteiger partial charge in [-0.25, -0.2) is 9.59 Å². The first-order chi connectivity index (χ1) is 15.4. The molecule has 2 amide bonds. The summed E-state index contributed by atoms with van der Waals surface area (Å²) in [5.41, 5.74) is 2.01. The maximum Gasteiger partial charge on any atom is 0.414 e. The van der Waals surface area contributed by atoms with Crippen molar-refractivity contribution in [1.82, 2.24) is 5.32 Å². The van der Waals surface area contributed by atoms with Crippen LogP contribution in [0.2, 0.25) is 0 Å². The Morgan fingerprint density at radius 3 is 2.31 bits per heavy atom. The van der Waals surface area contributed by atoms with Crippen molar-refractivity contribution < 1.29 is 24.0 Å². The van der Waals surface area contributed by atoms with Crippen LogP contribution in [0, 0.1) is 10.1 Å². The van der Waals surface area contributed by atoms with Gasteiger partial charge in [-0.15, -0.1) is 0 Å². The van der Waals surface area contributed by atoms with Crippen molar-refractivity contribution in [3.05, 3.63) is 100 Å². The molecule has 3 aromatic rings. The number of nitro groups is 1. The number of hydrogen-bond donors (Lipinski definition) is 1. The van der Waals surface area contributed by atoms with Gasteiger partial charge < -0.3 is 14.8 Å². The maximum absolute atomic E-state index is 12.5. The number of benzene rings is 3. The van der Waals surface area contributed by atoms with Gasteiger partial charge in [-0.05, 0) is 29.3 Å². The van der Waals surface area contributed by atoms with Crippen molar-refractivity contribution in [1.29, 1.82) is 0 Å². The largest absolute Gasteiger partial charge is 0.444 e. The number of nitrogens with zero attached hydrogens (tertiary/aromatic N) is 2. The van der Waals surface area contributed by atoms with Gasteiger partial charge >= 0.3 is 12.2 Å². The molecule has 0 atom stereocenters. The molecule has 9 heteroatoms. The molecular formula is C23H21N3O6. The molecule has 0 saturated carbocycles. The van der Waals surface area contributed by atoms with Crippen LogP contribution in [0.15, 0.2) is 78.9 Å². The third-order valence-electron chi connectivity index (χ3n) is 4.51. The fourth-order valence-corrected chi connectivity index (χ4v) is 2.85. The predicted octanol–water partition coefficient (Wildman–Crippen LogP) is 4.66. The number of amides is 2. The van der Waals surface area contributed by atoms with Gasteiger partial charge in [0.2, 0.25) is 0 Å². The standard InChI is InChI=1S/C23H21N3O6/c1-25(23(28)31-16-17-7-3-2-4-8-17)21-10-6-5-9-18(21)15-24-22(27)32-20-13-11-19(12-14-20)26(29)30/h2-14H,15-16H2,1H3,(H,24,27). The minimum atomic E-state index is -0.733. The lowest BCUT2D eigenvalue weighted by Crippen LogP contribution is -2.30. The SMILES string of the molecule is CN(C(=O)OCc1ccccc1)c1ccccc1CNC(=O)Oc1ccc([N+](=O)[O-])cc1. The van der Waals surface area contributed by atoms with E-state index < -0.39 is 17.1 Å². The number of para-hydroxylation sites is 1. The first-order valence-corrected chi connectivity index (χ1v) is 9.66. The molecule has 0 aliphatic carbocycles. The zero-order chi connectivity index (χ0) is 22.9. The van der Waals surface area contributed by atoms with Gasteiger partial charge in [-0.2, -0.15) is 0 Å². The molecule has 0 spiro atoms. The Morgan fingerprint density at radius 2 is 1.62 bits per heavy atom. The highest BCUT2D eigenvalue weighted by molar-refractivity contribution is 5.88. The van der Waals surface area contributed by atoms with E-state index in [1.54, 1.807) is 31.3 Å². The summed E-state index contributed by atoms with van der Waals surface area (Å²) in [6.07, 6.45) is -1.27. The highest BCUT2D eigenvalue weighted by atomic mass is 16.6. The summed E-state index contributed by atoms with van der Waals surface area (Å²) in [5.74, 6) is 0.169. The van der Waals surface area contributed by atoms with Crippen molar-refractivity contribution in [3.63, 3.8) is 0 Å². The highest BCUT2D eigenvalue weighted by Crippen LogP contribution is 2.21. The van der Waals surface area contributed by atoms with Gasteiger partial charge in [-0.3, -0.25) is 15.0 Å². The summed E-state index contributed by atoms with van der Waals surface area (Å²) in [5, 5.41) is 13.3. The summed E-state index contributed by atoms with van der Waals surface area (Å²) >= 11 is 0. The monoisotopic (exact) mass is 435 g/mol. The molecule has 3 aromatic carbocycles. The molecule has 32 heavy (non-hydrogen) atoms. The van der Waals surface area contributed by atoms with Gasteiger partial charge in [0.1, 0.15) is 12.4 Å². The van der Waals surface area contributed by atoms with E-state index in [-0.39, 0.29) is 24.6 Å². The number of nitro benzene ring substituents is 1. The smallest absolute Gasteiger partial charge is 0.414 e. The normalized spacial score (nSPS) is 10.2. The van der Waals surface area contributed by atoms with E-state index in [2.05, 4.69) is 5.32 Å². The number of carbonyl (C=O) groups is 2. The second kappa shape index (κ2) is 10.6. The number of rotatable bonds is 7. The first-order valence-electron chi connectivity index (χ1n) is 9.66. The quantitative estimate of drug-likeness (QED) is 0.427. The third kappa shape index (κ3) is 6.05. The molecule has 0 aliphatic rings. The molecule has 0 saturated heterocycles. The van der Waals surface area contributed by atoms with E-state index in [0.29, 0.717) is 11.3 Å². The van der Waals surface area contributed by atoms with Crippen LogP contribution in [-0.4, -0.2) is 24.2 Å². The van der Waals surface area contributed by atoms with Crippen molar-refractivity contribution in [2.24, 2.45) is 0 Å². The number of hydrogen-bond acceptors (Lipinski definition) is 6. The lowest BCUT2D eigenvalue weighted by atomic mass is 10.1. The molecule has 9 nitrogen and oxygen atoms in total. The van der Waals surface area contributed by atoms with E-state index in [4.69, 9.17) is 9.47 Å². The Bertz CT molecular complexity index is 1090. The molecule has 0 unspecified atom stereocenters. The van der Waals surface area contributed by atoms with Gasteiger partial charge in [0, 0.05) is 25.7 Å². The predicted molar refractivity (Wildman–Crippen MR) is 117 cm³/mol. The van der Waals surface area contributed by atoms with E-state index in [9.17, 15) is 19.7 Å². The second-order valence-electron chi connectivity index (χ2n) is 6.72. The molecule has 164 valence electrons. The summed E-state index contributed by atoms with van der Waals surface area (Å²) in [6, 6.07) is 21.6. The lowest BCUT2D eigenvalue weighted by molar-refractivity contribution is -0.384. The van der Waals surface area contributed by atoms with Gasteiger partial charge in [0.15, 0.2) is 0 Å². The summed E-state index contributed by atoms with van der Waals surface area (Å²) in [7, 11) is 1.58. The highest BCUT2D eigenvalue weighted by Gasteiger charge is 2.16. The van der Waals surface area contributed by atoms with Crippen LogP contribution >= 0.6 is 0 Å². The lowest BCUT2D eigenvalue weighted by Gasteiger charge is -2.20. The van der Waals surface area contributed by atoms with E-state index in [1.165, 1.54) is 29.2 Å². The van der Waals surface area contributed by atoms with Gasteiger partial charge in [-0.1, -0.05) is 48.5 Å². The van der Waals surface area contributed by atoms with Crippen LogP contribution in [0.4, 0.5) is 21.0 Å². The minimum Gasteiger partial charge on any atom is -0.444 e. The fraction of sp³-hybridized carbons (Fsp3) is 0.130. The summed E-state index contributed by atoms with van der Waals surface area (Å²) in [4.78, 5) is 36.1. The van der Waals surface area contributed by atoms with Crippen LogP contribution < -0.4 is 15.0 Å².